The van der Waals surface area contributed by atoms with Gasteiger partial charge in [0.15, 0.2) is 11.5 Å². The van der Waals surface area contributed by atoms with Crippen molar-refractivity contribution in [2.24, 2.45) is 0 Å². The van der Waals surface area contributed by atoms with Gasteiger partial charge in [-0.05, 0) is 74.9 Å². The molecule has 2 heterocycles. The average Bonchev–Trinajstić information content (AvgIpc) is 3.50. The van der Waals surface area contributed by atoms with Gasteiger partial charge in [-0.3, -0.25) is 4.79 Å². The molecular weight excluding hydrogens is 448 g/mol. The molecule has 180 valence electrons. The summed E-state index contributed by atoms with van der Waals surface area (Å²) < 4.78 is 42.0. The van der Waals surface area contributed by atoms with E-state index in [0.29, 0.717) is 31.2 Å². The van der Waals surface area contributed by atoms with Crippen LogP contribution in [-0.2, 0) is 14.9 Å². The lowest BCUT2D eigenvalue weighted by atomic mass is 9.87. The van der Waals surface area contributed by atoms with Gasteiger partial charge in [-0.2, -0.15) is 0 Å². The van der Waals surface area contributed by atoms with E-state index in [9.17, 15) is 18.4 Å². The number of carboxylic acid groups (broad SMARTS) is 1. The molecule has 7 nitrogen and oxygen atoms in total. The third kappa shape index (κ3) is 4.20. The summed E-state index contributed by atoms with van der Waals surface area (Å²) in [4.78, 5) is 24.5. The lowest BCUT2D eigenvalue weighted by Gasteiger charge is -2.41. The van der Waals surface area contributed by atoms with Crippen molar-refractivity contribution in [1.29, 1.82) is 0 Å². The van der Waals surface area contributed by atoms with Gasteiger partial charge < -0.3 is 24.6 Å². The van der Waals surface area contributed by atoms with Crippen molar-refractivity contribution in [3.8, 4) is 11.5 Å². The van der Waals surface area contributed by atoms with Gasteiger partial charge in [-0.1, -0.05) is 18.2 Å². The fraction of sp³-hybridized carbons (Fsp3) is 0.440. The van der Waals surface area contributed by atoms with E-state index in [-0.39, 0.29) is 35.1 Å². The number of rotatable bonds is 5. The molecular formula is C25H25F2NO6. The number of fused-ring (bicyclic) bond motifs is 1. The van der Waals surface area contributed by atoms with Crippen molar-refractivity contribution in [2.75, 3.05) is 0 Å². The van der Waals surface area contributed by atoms with Gasteiger partial charge >= 0.3 is 12.3 Å². The van der Waals surface area contributed by atoms with E-state index in [1.54, 1.807) is 30.3 Å². The van der Waals surface area contributed by atoms with Crippen LogP contribution in [0.15, 0.2) is 42.5 Å². The number of hydrogen-bond donors (Lipinski definition) is 2. The highest BCUT2D eigenvalue weighted by atomic mass is 19.3. The van der Waals surface area contributed by atoms with Gasteiger partial charge in [0.05, 0.1) is 22.7 Å². The van der Waals surface area contributed by atoms with E-state index >= 15 is 0 Å². The molecule has 1 saturated heterocycles. The van der Waals surface area contributed by atoms with Crippen LogP contribution in [0.1, 0.15) is 67.1 Å². The summed E-state index contributed by atoms with van der Waals surface area (Å²) in [5, 5.41) is 12.3. The molecule has 0 aromatic heterocycles. The Morgan fingerprint density at radius 3 is 2.35 bits per heavy atom. The molecule has 0 spiro atoms. The SMILES string of the molecule is CC1(C)C[C@H](NC(=O)C2(c3ccc4c(c3)OC(F)(F)O4)CC2)C[C@H](c2ccc(C(=O)O)cc2)O1. The highest BCUT2D eigenvalue weighted by molar-refractivity contribution is 5.91. The molecule has 2 N–H and O–H groups in total. The van der Waals surface area contributed by atoms with E-state index in [1.807, 2.05) is 13.8 Å². The Bertz CT molecular complexity index is 1140. The molecule has 5 rings (SSSR count). The van der Waals surface area contributed by atoms with Crippen LogP contribution in [0, 0.1) is 0 Å². The van der Waals surface area contributed by atoms with Crippen LogP contribution < -0.4 is 14.8 Å². The van der Waals surface area contributed by atoms with Crippen molar-refractivity contribution < 1.29 is 37.7 Å². The molecule has 2 fully saturated rings. The Kier molecular flexibility index (Phi) is 5.09. The summed E-state index contributed by atoms with van der Waals surface area (Å²) >= 11 is 0. The topological polar surface area (TPSA) is 94.1 Å². The number of amides is 1. The quantitative estimate of drug-likeness (QED) is 0.662. The van der Waals surface area contributed by atoms with Crippen molar-refractivity contribution in [2.45, 2.75) is 69.0 Å². The molecule has 9 heteroatoms. The summed E-state index contributed by atoms with van der Waals surface area (Å²) in [6.45, 7) is 3.91. The van der Waals surface area contributed by atoms with Crippen molar-refractivity contribution in [3.05, 3.63) is 59.2 Å². The first-order chi connectivity index (χ1) is 16.0. The van der Waals surface area contributed by atoms with Crippen LogP contribution in [0.5, 0.6) is 11.5 Å². The maximum atomic E-state index is 13.4. The van der Waals surface area contributed by atoms with Crippen LogP contribution in [0.4, 0.5) is 8.78 Å². The van der Waals surface area contributed by atoms with Crippen molar-refractivity contribution in [1.82, 2.24) is 5.32 Å². The highest BCUT2D eigenvalue weighted by Crippen LogP contribution is 2.52. The number of carbonyl (C=O) groups is 2. The predicted molar refractivity (Wildman–Crippen MR) is 116 cm³/mol. The molecule has 2 aliphatic heterocycles. The van der Waals surface area contributed by atoms with Gasteiger partial charge in [-0.25, -0.2) is 4.79 Å². The molecule has 3 aliphatic rings. The van der Waals surface area contributed by atoms with E-state index in [0.717, 1.165) is 5.56 Å². The van der Waals surface area contributed by atoms with E-state index in [1.165, 1.54) is 12.1 Å². The zero-order chi connectivity index (χ0) is 24.3. The zero-order valence-corrected chi connectivity index (χ0v) is 18.8. The predicted octanol–water partition coefficient (Wildman–Crippen LogP) is 4.55. The van der Waals surface area contributed by atoms with Crippen LogP contribution in [-0.4, -0.2) is 34.9 Å². The minimum Gasteiger partial charge on any atom is -0.478 e. The Hall–Kier alpha value is -3.20. The zero-order valence-electron chi connectivity index (χ0n) is 18.8. The van der Waals surface area contributed by atoms with Gasteiger partial charge in [0.25, 0.3) is 0 Å². The molecule has 0 unspecified atom stereocenters. The first kappa shape index (κ1) is 22.6. The fourth-order valence-electron chi connectivity index (χ4n) is 4.91. The van der Waals surface area contributed by atoms with E-state index in [2.05, 4.69) is 14.8 Å². The van der Waals surface area contributed by atoms with Gasteiger partial charge in [0, 0.05) is 6.04 Å². The largest absolute Gasteiger partial charge is 0.586 e. The number of benzene rings is 2. The molecule has 0 bridgehead atoms. The molecule has 2 aromatic carbocycles. The highest BCUT2D eigenvalue weighted by Gasteiger charge is 2.53. The summed E-state index contributed by atoms with van der Waals surface area (Å²) in [6.07, 6.45) is -1.65. The number of hydrogen-bond acceptors (Lipinski definition) is 5. The summed E-state index contributed by atoms with van der Waals surface area (Å²) in [5.41, 5.74) is 0.373. The normalized spacial score (nSPS) is 25.4. The molecule has 34 heavy (non-hydrogen) atoms. The average molecular weight is 473 g/mol. The van der Waals surface area contributed by atoms with Crippen molar-refractivity contribution >= 4 is 11.9 Å². The first-order valence-corrected chi connectivity index (χ1v) is 11.2. The summed E-state index contributed by atoms with van der Waals surface area (Å²) in [7, 11) is 0. The van der Waals surface area contributed by atoms with E-state index < -0.39 is 23.3 Å². The number of aromatic carboxylic acids is 1. The fourth-order valence-corrected chi connectivity index (χ4v) is 4.91. The summed E-state index contributed by atoms with van der Waals surface area (Å²) in [5.74, 6) is -1.27. The first-order valence-electron chi connectivity index (χ1n) is 11.2. The van der Waals surface area contributed by atoms with Crippen LogP contribution >= 0.6 is 0 Å². The molecule has 1 aliphatic carbocycles. The molecule has 1 amide bonds. The Morgan fingerprint density at radius 1 is 1.03 bits per heavy atom. The number of nitrogens with one attached hydrogen (secondary N) is 1. The Labute approximate surface area is 195 Å². The number of carbonyl (C=O) groups excluding carboxylic acids is 1. The number of carboxylic acids is 1. The standard InChI is InChI=1S/C25H25F2NO6/c1-23(2)13-17(12-19(32-23)14-3-5-15(6-4-14)21(29)30)28-22(31)24(9-10-24)16-7-8-18-20(11-16)34-25(26,27)33-18/h3-8,11,17,19H,9-10,12-13H2,1-2H3,(H,28,31)(H,29,30)/t17-,19-/m1/s1. The third-order valence-electron chi connectivity index (χ3n) is 6.70. The van der Waals surface area contributed by atoms with Gasteiger partial charge in [0.2, 0.25) is 5.91 Å². The minimum absolute atomic E-state index is 0.0482. The second kappa shape index (κ2) is 7.66. The number of ether oxygens (including phenoxy) is 3. The molecule has 0 radical (unpaired) electrons. The van der Waals surface area contributed by atoms with E-state index in [4.69, 9.17) is 9.84 Å². The van der Waals surface area contributed by atoms with Crippen molar-refractivity contribution in [3.63, 3.8) is 0 Å². The van der Waals surface area contributed by atoms with Crippen LogP contribution in [0.25, 0.3) is 0 Å². The van der Waals surface area contributed by atoms with Gasteiger partial charge in [0.1, 0.15) is 0 Å². The monoisotopic (exact) mass is 473 g/mol. The van der Waals surface area contributed by atoms with Gasteiger partial charge in [-0.15, -0.1) is 8.78 Å². The Morgan fingerprint density at radius 2 is 1.71 bits per heavy atom. The van der Waals surface area contributed by atoms with Crippen LogP contribution in [0.2, 0.25) is 0 Å². The van der Waals surface area contributed by atoms with Crippen LogP contribution in [0.3, 0.4) is 0 Å². The second-order valence-electron chi connectivity index (χ2n) is 9.81. The lowest BCUT2D eigenvalue weighted by Crippen LogP contribution is -2.49. The summed E-state index contributed by atoms with van der Waals surface area (Å²) in [6, 6.07) is 10.9. The Balaban J connectivity index is 1.31. The second-order valence-corrected chi connectivity index (χ2v) is 9.81. The minimum atomic E-state index is -3.70. The maximum Gasteiger partial charge on any atom is 0.586 e. The number of halogens is 2. The lowest BCUT2D eigenvalue weighted by molar-refractivity contribution is -0.286. The molecule has 2 aromatic rings. The third-order valence-corrected chi connectivity index (χ3v) is 6.70. The maximum absolute atomic E-state index is 13.4. The number of alkyl halides is 2. The smallest absolute Gasteiger partial charge is 0.478 e. The molecule has 1 saturated carbocycles. The molecule has 2 atom stereocenters.